The van der Waals surface area contributed by atoms with Crippen LogP contribution in [0, 0.1) is 11.6 Å². The summed E-state index contributed by atoms with van der Waals surface area (Å²) in [6, 6.07) is 8.51. The monoisotopic (exact) mass is 434 g/mol. The normalized spacial score (nSPS) is 19.6. The molecule has 0 saturated heterocycles. The largest absolute Gasteiger partial charge is 0.493 e. The van der Waals surface area contributed by atoms with Crippen molar-refractivity contribution >= 4 is 10.9 Å². The number of rotatable bonds is 6. The maximum Gasteiger partial charge on any atom is 0.257 e. The number of hydrogen-bond donors (Lipinski definition) is 1. The first-order valence-electron chi connectivity index (χ1n) is 10.5. The van der Waals surface area contributed by atoms with E-state index in [1.54, 1.807) is 0 Å². The Morgan fingerprint density at radius 3 is 2.48 bits per heavy atom. The molecule has 1 N–H and O–H groups in total. The number of halogens is 4. The van der Waals surface area contributed by atoms with Gasteiger partial charge in [-0.1, -0.05) is 25.1 Å². The lowest BCUT2D eigenvalue weighted by molar-refractivity contribution is -0.0374. The standard InChI is InChI=1S/C24H26F4N2O/c1-4-9-31-15-11-18(25)21(19(26)12-15)23-22-17(16-7-5-6-8-20(16)29-22)10-14(2)30(23)13-24(3,27)28/h5-8,11-12,14,23,29H,4,9-10,13H2,1-3H3/t14-,23+/m1/s1. The highest BCUT2D eigenvalue weighted by Gasteiger charge is 2.42. The van der Waals surface area contributed by atoms with Gasteiger partial charge in [0.1, 0.15) is 17.4 Å². The molecule has 3 nitrogen and oxygen atoms in total. The SMILES string of the molecule is CCCOc1cc(F)c([C@H]2c3[nH]c4ccccc4c3C[C@@H](C)N2CC(C)(F)F)c(F)c1. The number of ether oxygens (including phenoxy) is 1. The fourth-order valence-corrected chi connectivity index (χ4v) is 4.51. The minimum Gasteiger partial charge on any atom is -0.493 e. The smallest absolute Gasteiger partial charge is 0.257 e. The van der Waals surface area contributed by atoms with Crippen LogP contribution < -0.4 is 4.74 Å². The van der Waals surface area contributed by atoms with Crippen molar-refractivity contribution in [2.75, 3.05) is 13.2 Å². The Morgan fingerprint density at radius 2 is 1.84 bits per heavy atom. The molecule has 3 aromatic rings. The molecule has 2 aromatic carbocycles. The third kappa shape index (κ3) is 4.15. The Morgan fingerprint density at radius 1 is 1.16 bits per heavy atom. The van der Waals surface area contributed by atoms with Gasteiger partial charge < -0.3 is 9.72 Å². The van der Waals surface area contributed by atoms with E-state index in [2.05, 4.69) is 4.98 Å². The van der Waals surface area contributed by atoms with Gasteiger partial charge in [-0.3, -0.25) is 4.90 Å². The quantitative estimate of drug-likeness (QED) is 0.466. The van der Waals surface area contributed by atoms with Crippen LogP contribution in [0.4, 0.5) is 17.6 Å². The van der Waals surface area contributed by atoms with Gasteiger partial charge in [-0.25, -0.2) is 17.6 Å². The van der Waals surface area contributed by atoms with Crippen molar-refractivity contribution in [2.45, 2.75) is 51.6 Å². The highest BCUT2D eigenvalue weighted by Crippen LogP contribution is 2.43. The van der Waals surface area contributed by atoms with Gasteiger partial charge in [0.15, 0.2) is 0 Å². The summed E-state index contributed by atoms with van der Waals surface area (Å²) in [6.45, 7) is 4.26. The molecule has 0 unspecified atom stereocenters. The van der Waals surface area contributed by atoms with E-state index in [0.29, 0.717) is 25.1 Å². The van der Waals surface area contributed by atoms with Crippen molar-refractivity contribution in [1.29, 1.82) is 0 Å². The second-order valence-electron chi connectivity index (χ2n) is 8.41. The highest BCUT2D eigenvalue weighted by molar-refractivity contribution is 5.85. The average molecular weight is 434 g/mol. The molecule has 0 saturated carbocycles. The van der Waals surface area contributed by atoms with Crippen LogP contribution in [0.2, 0.25) is 0 Å². The predicted molar refractivity (Wildman–Crippen MR) is 113 cm³/mol. The molecular formula is C24H26F4N2O. The van der Waals surface area contributed by atoms with Gasteiger partial charge in [-0.15, -0.1) is 0 Å². The van der Waals surface area contributed by atoms with Crippen molar-refractivity contribution in [3.63, 3.8) is 0 Å². The lowest BCUT2D eigenvalue weighted by Gasteiger charge is -2.42. The van der Waals surface area contributed by atoms with Crippen LogP contribution in [0.3, 0.4) is 0 Å². The molecule has 0 spiro atoms. The minimum atomic E-state index is -3.02. The van der Waals surface area contributed by atoms with Crippen LogP contribution in [0.25, 0.3) is 10.9 Å². The number of para-hydroxylation sites is 1. The summed E-state index contributed by atoms with van der Waals surface area (Å²) in [6.07, 6.45) is 1.20. The summed E-state index contributed by atoms with van der Waals surface area (Å²) in [5.74, 6) is -4.54. The first-order chi connectivity index (χ1) is 14.7. The zero-order chi connectivity index (χ0) is 22.3. The van der Waals surface area contributed by atoms with E-state index in [1.165, 1.54) is 4.90 Å². The molecule has 2 heterocycles. The Balaban J connectivity index is 1.90. The summed E-state index contributed by atoms with van der Waals surface area (Å²) in [5, 5.41) is 0.945. The molecule has 166 valence electrons. The van der Waals surface area contributed by atoms with Crippen LogP contribution in [0.5, 0.6) is 5.75 Å². The number of benzene rings is 2. The molecular weight excluding hydrogens is 408 g/mol. The van der Waals surface area contributed by atoms with Gasteiger partial charge in [0, 0.05) is 47.3 Å². The maximum atomic E-state index is 15.3. The predicted octanol–water partition coefficient (Wildman–Crippen LogP) is 6.23. The molecule has 1 aliphatic rings. The Bertz CT molecular complexity index is 1070. The Kier molecular flexibility index (Phi) is 5.73. The van der Waals surface area contributed by atoms with E-state index in [-0.39, 0.29) is 17.4 Å². The zero-order valence-electron chi connectivity index (χ0n) is 17.8. The van der Waals surface area contributed by atoms with Crippen molar-refractivity contribution < 1.29 is 22.3 Å². The minimum absolute atomic E-state index is 0.0914. The van der Waals surface area contributed by atoms with E-state index >= 15 is 8.78 Å². The number of aromatic nitrogens is 1. The third-order valence-electron chi connectivity index (χ3n) is 5.78. The maximum absolute atomic E-state index is 15.3. The Labute approximate surface area is 179 Å². The van der Waals surface area contributed by atoms with Crippen molar-refractivity contribution in [3.05, 3.63) is 64.9 Å². The number of aromatic amines is 1. The molecule has 4 rings (SSSR count). The Hall–Kier alpha value is -2.54. The molecule has 1 aliphatic heterocycles. The second-order valence-corrected chi connectivity index (χ2v) is 8.41. The fraction of sp³-hybridized carbons (Fsp3) is 0.417. The molecule has 2 atom stereocenters. The van der Waals surface area contributed by atoms with Gasteiger partial charge >= 0.3 is 0 Å². The van der Waals surface area contributed by atoms with E-state index in [0.717, 1.165) is 35.5 Å². The summed E-state index contributed by atoms with van der Waals surface area (Å²) in [7, 11) is 0. The van der Waals surface area contributed by atoms with Gasteiger partial charge in [0.05, 0.1) is 19.2 Å². The summed E-state index contributed by atoms with van der Waals surface area (Å²) in [4.78, 5) is 4.74. The molecule has 0 bridgehead atoms. The zero-order valence-corrected chi connectivity index (χ0v) is 17.8. The molecule has 1 aromatic heterocycles. The van der Waals surface area contributed by atoms with E-state index < -0.39 is 30.1 Å². The molecule has 0 amide bonds. The lowest BCUT2D eigenvalue weighted by Crippen LogP contribution is -2.47. The number of H-pyrrole nitrogens is 1. The number of nitrogens with one attached hydrogen (secondary N) is 1. The summed E-state index contributed by atoms with van der Waals surface area (Å²) in [5.41, 5.74) is 2.04. The van der Waals surface area contributed by atoms with Gasteiger partial charge in [-0.2, -0.15) is 0 Å². The first-order valence-corrected chi connectivity index (χ1v) is 10.5. The summed E-state index contributed by atoms with van der Waals surface area (Å²) < 4.78 is 64.1. The second kappa shape index (κ2) is 8.19. The van der Waals surface area contributed by atoms with Gasteiger partial charge in [-0.05, 0) is 31.4 Å². The van der Waals surface area contributed by atoms with Crippen molar-refractivity contribution in [2.24, 2.45) is 0 Å². The van der Waals surface area contributed by atoms with Gasteiger partial charge in [0.25, 0.3) is 5.92 Å². The third-order valence-corrected chi connectivity index (χ3v) is 5.78. The molecule has 0 radical (unpaired) electrons. The number of alkyl halides is 2. The lowest BCUT2D eigenvalue weighted by atomic mass is 9.87. The van der Waals surface area contributed by atoms with E-state index in [4.69, 9.17) is 4.74 Å². The van der Waals surface area contributed by atoms with Crippen LogP contribution >= 0.6 is 0 Å². The van der Waals surface area contributed by atoms with E-state index in [9.17, 15) is 8.78 Å². The number of nitrogens with zero attached hydrogens (tertiary/aromatic N) is 1. The highest BCUT2D eigenvalue weighted by atomic mass is 19.3. The fourth-order valence-electron chi connectivity index (χ4n) is 4.51. The number of hydrogen-bond acceptors (Lipinski definition) is 2. The van der Waals surface area contributed by atoms with E-state index in [1.807, 2.05) is 38.1 Å². The average Bonchev–Trinajstić information content (AvgIpc) is 3.05. The molecule has 7 heteroatoms. The van der Waals surface area contributed by atoms with Crippen LogP contribution in [-0.4, -0.2) is 35.0 Å². The van der Waals surface area contributed by atoms with Crippen LogP contribution in [0.15, 0.2) is 36.4 Å². The van der Waals surface area contributed by atoms with Crippen molar-refractivity contribution in [3.8, 4) is 5.75 Å². The first kappa shape index (κ1) is 21.7. The topological polar surface area (TPSA) is 28.3 Å². The summed E-state index contributed by atoms with van der Waals surface area (Å²) >= 11 is 0. The molecule has 31 heavy (non-hydrogen) atoms. The molecule has 0 aliphatic carbocycles. The van der Waals surface area contributed by atoms with Crippen LogP contribution in [-0.2, 0) is 6.42 Å². The number of fused-ring (bicyclic) bond motifs is 3. The van der Waals surface area contributed by atoms with Gasteiger partial charge in [0.2, 0.25) is 0 Å². The molecule has 0 fully saturated rings. The van der Waals surface area contributed by atoms with Crippen molar-refractivity contribution in [1.82, 2.24) is 9.88 Å². The van der Waals surface area contributed by atoms with Crippen LogP contribution in [0.1, 0.15) is 50.1 Å².